The first-order valence-electron chi connectivity index (χ1n) is 8.15. The number of nitrogens with zero attached hydrogens (tertiary/aromatic N) is 2. The van der Waals surface area contributed by atoms with Crippen molar-refractivity contribution in [3.63, 3.8) is 0 Å². The number of hydrogen-bond acceptors (Lipinski definition) is 3. The second-order valence-corrected chi connectivity index (χ2v) is 8.40. The van der Waals surface area contributed by atoms with E-state index in [4.69, 9.17) is 0 Å². The number of alkyl halides is 3. The number of carbonyl (C=O) groups excluding carboxylic acids is 1. The smallest absolute Gasteiger partial charge is 0.345 e. The monoisotopic (exact) mass is 439 g/mol. The molecule has 160 valence electrons. The fourth-order valence-corrected chi connectivity index (χ4v) is 3.85. The summed E-state index contributed by atoms with van der Waals surface area (Å²) in [5.74, 6) is -2.74. The van der Waals surface area contributed by atoms with Crippen molar-refractivity contribution in [3.8, 4) is 0 Å². The van der Waals surface area contributed by atoms with Crippen LogP contribution in [-0.4, -0.2) is 42.5 Å². The number of aromatic nitrogens is 1. The molecule has 0 aliphatic carbocycles. The minimum atomic E-state index is -4.78. The Morgan fingerprint density at radius 3 is 2.38 bits per heavy atom. The Morgan fingerprint density at radius 2 is 1.83 bits per heavy atom. The Hall–Kier alpha value is -2.47. The van der Waals surface area contributed by atoms with Crippen molar-refractivity contribution in [2.75, 3.05) is 12.4 Å². The van der Waals surface area contributed by atoms with Crippen LogP contribution in [0.15, 0.2) is 29.3 Å². The molecule has 1 aromatic carbocycles. The predicted octanol–water partition coefficient (Wildman–Crippen LogP) is 3.44. The van der Waals surface area contributed by atoms with E-state index in [0.29, 0.717) is 6.92 Å². The zero-order valence-corrected chi connectivity index (χ0v) is 16.6. The summed E-state index contributed by atoms with van der Waals surface area (Å²) in [5, 5.41) is 2.19. The maximum absolute atomic E-state index is 14.1. The van der Waals surface area contributed by atoms with Gasteiger partial charge in [-0.05, 0) is 32.0 Å². The molecular weight excluding hydrogens is 421 g/mol. The van der Waals surface area contributed by atoms with E-state index in [1.165, 1.54) is 14.0 Å². The molecule has 0 aliphatic heterocycles. The van der Waals surface area contributed by atoms with E-state index in [-0.39, 0.29) is 21.2 Å². The summed E-state index contributed by atoms with van der Waals surface area (Å²) < 4.78 is 92.2. The second-order valence-electron chi connectivity index (χ2n) is 6.40. The Labute approximate surface area is 164 Å². The van der Waals surface area contributed by atoms with Gasteiger partial charge in [0, 0.05) is 25.9 Å². The molecule has 0 saturated heterocycles. The van der Waals surface area contributed by atoms with Gasteiger partial charge in [0.25, 0.3) is 5.91 Å². The third-order valence-corrected chi connectivity index (χ3v) is 6.37. The molecule has 0 unspecified atom stereocenters. The molecule has 2 aromatic rings. The number of carbonyl (C=O) groups is 1. The fraction of sp³-hybridized carbons (Fsp3) is 0.353. The van der Waals surface area contributed by atoms with Gasteiger partial charge in [-0.3, -0.25) is 4.79 Å². The van der Waals surface area contributed by atoms with Crippen LogP contribution in [0.1, 0.15) is 23.0 Å². The molecular formula is C17H18F5N3O3S. The third kappa shape index (κ3) is 4.42. The molecule has 6 nitrogen and oxygen atoms in total. The molecule has 1 atom stereocenters. The summed E-state index contributed by atoms with van der Waals surface area (Å²) >= 11 is 0. The molecule has 29 heavy (non-hydrogen) atoms. The van der Waals surface area contributed by atoms with Crippen molar-refractivity contribution in [1.29, 1.82) is 0 Å². The molecule has 0 spiro atoms. The van der Waals surface area contributed by atoms with Gasteiger partial charge in [0.1, 0.15) is 22.4 Å². The lowest BCUT2D eigenvalue weighted by Gasteiger charge is -2.25. The number of benzene rings is 1. The number of rotatable bonds is 5. The summed E-state index contributed by atoms with van der Waals surface area (Å²) in [6.45, 7) is 1.86. The standard InChI is InChI=1S/C17H18F5N3O3S/c1-9-12(18)5-6-13(15(9)19)23-16(26)14-7-11(8-24(14)3)29(27,28)25(4)10(2)17(20,21)22/h5-8,10H,1-4H3,(H,23,26)/t10-/m1/s1. The summed E-state index contributed by atoms with van der Waals surface area (Å²) in [7, 11) is -2.49. The highest BCUT2D eigenvalue weighted by Crippen LogP contribution is 2.28. The molecule has 0 aliphatic rings. The molecule has 1 N–H and O–H groups in total. The van der Waals surface area contributed by atoms with Gasteiger partial charge in [-0.2, -0.15) is 17.5 Å². The first-order valence-corrected chi connectivity index (χ1v) is 9.59. The lowest BCUT2D eigenvalue weighted by atomic mass is 10.2. The van der Waals surface area contributed by atoms with E-state index in [2.05, 4.69) is 5.32 Å². The summed E-state index contributed by atoms with van der Waals surface area (Å²) in [6, 6.07) is 0.525. The largest absolute Gasteiger partial charge is 0.404 e. The Bertz CT molecular complexity index is 1050. The molecule has 0 saturated carbocycles. The van der Waals surface area contributed by atoms with Crippen LogP contribution >= 0.6 is 0 Å². The number of nitrogens with one attached hydrogen (secondary N) is 1. The van der Waals surface area contributed by atoms with Gasteiger partial charge < -0.3 is 9.88 Å². The highest BCUT2D eigenvalue weighted by molar-refractivity contribution is 7.89. The SMILES string of the molecule is Cc1c(F)ccc(NC(=O)c2cc(S(=O)(=O)N(C)[C@H](C)C(F)(F)F)cn2C)c1F. The summed E-state index contributed by atoms with van der Waals surface area (Å²) in [6.07, 6.45) is -3.81. The van der Waals surface area contributed by atoms with Crippen LogP contribution in [0.2, 0.25) is 0 Å². The molecule has 0 fully saturated rings. The van der Waals surface area contributed by atoms with Gasteiger partial charge in [0.2, 0.25) is 10.0 Å². The number of anilines is 1. The van der Waals surface area contributed by atoms with Crippen molar-refractivity contribution in [1.82, 2.24) is 8.87 Å². The Kier molecular flexibility index (Phi) is 6.09. The first kappa shape index (κ1) is 22.8. The van der Waals surface area contributed by atoms with E-state index in [1.54, 1.807) is 0 Å². The van der Waals surface area contributed by atoms with Gasteiger partial charge in [-0.1, -0.05) is 0 Å². The zero-order valence-electron chi connectivity index (χ0n) is 15.8. The number of amides is 1. The molecule has 0 bridgehead atoms. The molecule has 12 heteroatoms. The average molecular weight is 439 g/mol. The second kappa shape index (κ2) is 7.75. The summed E-state index contributed by atoms with van der Waals surface area (Å²) in [5.41, 5.74) is -0.902. The van der Waals surface area contributed by atoms with Crippen LogP contribution < -0.4 is 5.32 Å². The highest BCUT2D eigenvalue weighted by Gasteiger charge is 2.43. The van der Waals surface area contributed by atoms with Crippen molar-refractivity contribution in [2.45, 2.75) is 31.0 Å². The van der Waals surface area contributed by atoms with Crippen molar-refractivity contribution in [2.24, 2.45) is 7.05 Å². The normalized spacial score (nSPS) is 13.6. The molecule has 1 heterocycles. The van der Waals surface area contributed by atoms with E-state index in [9.17, 15) is 35.2 Å². The third-order valence-electron chi connectivity index (χ3n) is 4.48. The van der Waals surface area contributed by atoms with Crippen molar-refractivity contribution in [3.05, 3.63) is 47.3 Å². The lowest BCUT2D eigenvalue weighted by molar-refractivity contribution is -0.164. The van der Waals surface area contributed by atoms with Gasteiger partial charge >= 0.3 is 6.18 Å². The van der Waals surface area contributed by atoms with Crippen LogP contribution in [0.5, 0.6) is 0 Å². The first-order chi connectivity index (χ1) is 13.2. The number of halogens is 5. The van der Waals surface area contributed by atoms with Crippen molar-refractivity contribution < 1.29 is 35.2 Å². The van der Waals surface area contributed by atoms with E-state index in [1.807, 2.05) is 0 Å². The quantitative estimate of drug-likeness (QED) is 0.726. The van der Waals surface area contributed by atoms with Crippen LogP contribution in [0.3, 0.4) is 0 Å². The molecule has 0 radical (unpaired) electrons. The summed E-state index contributed by atoms with van der Waals surface area (Å²) in [4.78, 5) is 11.9. The van der Waals surface area contributed by atoms with Gasteiger partial charge in [-0.15, -0.1) is 0 Å². The van der Waals surface area contributed by atoms with Crippen molar-refractivity contribution >= 4 is 21.6 Å². The zero-order chi connectivity index (χ0) is 22.3. The maximum Gasteiger partial charge on any atom is 0.404 e. The maximum atomic E-state index is 14.1. The van der Waals surface area contributed by atoms with Gasteiger partial charge in [-0.25, -0.2) is 17.2 Å². The Balaban J connectivity index is 2.35. The molecule has 1 amide bonds. The number of hydrogen-bond donors (Lipinski definition) is 1. The van der Waals surface area contributed by atoms with Crippen LogP contribution in [0, 0.1) is 18.6 Å². The fourth-order valence-electron chi connectivity index (χ4n) is 2.43. The highest BCUT2D eigenvalue weighted by atomic mass is 32.2. The Morgan fingerprint density at radius 1 is 1.24 bits per heavy atom. The topological polar surface area (TPSA) is 71.4 Å². The van der Waals surface area contributed by atoms with E-state index in [0.717, 1.165) is 36.0 Å². The minimum absolute atomic E-state index is 0.146. The molecule has 1 aromatic heterocycles. The van der Waals surface area contributed by atoms with Crippen LogP contribution in [0.4, 0.5) is 27.6 Å². The number of aryl methyl sites for hydroxylation is 1. The predicted molar refractivity (Wildman–Crippen MR) is 94.9 cm³/mol. The lowest BCUT2D eigenvalue weighted by Crippen LogP contribution is -2.44. The van der Waals surface area contributed by atoms with E-state index >= 15 is 0 Å². The van der Waals surface area contributed by atoms with Crippen LogP contribution in [0.25, 0.3) is 0 Å². The van der Waals surface area contributed by atoms with Gasteiger partial charge in [0.05, 0.1) is 5.69 Å². The van der Waals surface area contributed by atoms with E-state index < -0.39 is 44.7 Å². The van der Waals surface area contributed by atoms with Gasteiger partial charge in [0.15, 0.2) is 5.82 Å². The average Bonchev–Trinajstić information content (AvgIpc) is 3.02. The number of sulfonamides is 1. The molecule has 2 rings (SSSR count). The van der Waals surface area contributed by atoms with Crippen LogP contribution in [-0.2, 0) is 17.1 Å². The minimum Gasteiger partial charge on any atom is -0.345 e.